The van der Waals surface area contributed by atoms with Crippen molar-refractivity contribution in [2.75, 3.05) is 13.6 Å². The molecule has 2 rings (SSSR count). The van der Waals surface area contributed by atoms with Gasteiger partial charge in [-0.1, -0.05) is 0 Å². The van der Waals surface area contributed by atoms with Crippen LogP contribution in [-0.4, -0.2) is 35.6 Å². The molecule has 1 saturated carbocycles. The van der Waals surface area contributed by atoms with E-state index < -0.39 is 0 Å². The summed E-state index contributed by atoms with van der Waals surface area (Å²) in [4.78, 5) is 6.70. The van der Waals surface area contributed by atoms with Crippen LogP contribution in [0, 0.1) is 0 Å². The summed E-state index contributed by atoms with van der Waals surface area (Å²) in [5, 5.41) is 5.69. The van der Waals surface area contributed by atoms with E-state index in [-0.39, 0.29) is 0 Å². The Labute approximate surface area is 102 Å². The minimum Gasteiger partial charge on any atom is -0.314 e. The fraction of sp³-hybridized carbons (Fsp3) is 0.750. The van der Waals surface area contributed by atoms with Crippen LogP contribution < -0.4 is 5.32 Å². The highest BCUT2D eigenvalue weighted by molar-refractivity contribution is 7.07. The van der Waals surface area contributed by atoms with Crippen LogP contribution >= 0.6 is 11.3 Å². The van der Waals surface area contributed by atoms with Crippen molar-refractivity contribution in [3.05, 3.63) is 16.6 Å². The van der Waals surface area contributed by atoms with Crippen molar-refractivity contribution in [2.45, 2.75) is 44.8 Å². The van der Waals surface area contributed by atoms with Crippen LogP contribution in [0.25, 0.3) is 0 Å². The van der Waals surface area contributed by atoms with Gasteiger partial charge in [-0.15, -0.1) is 11.3 Å². The minimum absolute atomic E-state index is 0.618. The normalized spacial score (nSPS) is 17.9. The molecule has 16 heavy (non-hydrogen) atoms. The van der Waals surface area contributed by atoms with Gasteiger partial charge < -0.3 is 5.32 Å². The highest BCUT2D eigenvalue weighted by atomic mass is 32.1. The number of thiazole rings is 1. The largest absolute Gasteiger partial charge is 0.314 e. The maximum absolute atomic E-state index is 4.32. The number of hydrogen-bond donors (Lipinski definition) is 1. The third-order valence-electron chi connectivity index (χ3n) is 3.22. The van der Waals surface area contributed by atoms with Gasteiger partial charge in [-0.3, -0.25) is 4.90 Å². The number of rotatable bonds is 7. The van der Waals surface area contributed by atoms with E-state index in [4.69, 9.17) is 0 Å². The summed E-state index contributed by atoms with van der Waals surface area (Å²) >= 11 is 1.67. The molecule has 0 bridgehead atoms. The molecule has 90 valence electrons. The summed E-state index contributed by atoms with van der Waals surface area (Å²) in [6.45, 7) is 4.41. The Morgan fingerprint density at radius 1 is 1.62 bits per heavy atom. The number of hydrogen-bond acceptors (Lipinski definition) is 4. The van der Waals surface area contributed by atoms with Gasteiger partial charge in [0.25, 0.3) is 0 Å². The molecule has 0 radical (unpaired) electrons. The lowest BCUT2D eigenvalue weighted by Crippen LogP contribution is -2.32. The summed E-state index contributed by atoms with van der Waals surface area (Å²) in [6, 6.07) is 1.45. The van der Waals surface area contributed by atoms with E-state index in [0.717, 1.165) is 19.1 Å². The van der Waals surface area contributed by atoms with Crippen LogP contribution in [0.4, 0.5) is 0 Å². The van der Waals surface area contributed by atoms with Crippen molar-refractivity contribution in [1.29, 1.82) is 0 Å². The van der Waals surface area contributed by atoms with Crippen molar-refractivity contribution < 1.29 is 0 Å². The molecule has 1 aromatic rings. The molecule has 3 nitrogen and oxygen atoms in total. The highest BCUT2D eigenvalue weighted by Crippen LogP contribution is 2.18. The summed E-state index contributed by atoms with van der Waals surface area (Å²) in [6.07, 6.45) is 3.98. The van der Waals surface area contributed by atoms with Gasteiger partial charge in [0.1, 0.15) is 0 Å². The third kappa shape index (κ3) is 3.85. The first-order chi connectivity index (χ1) is 7.75. The van der Waals surface area contributed by atoms with Crippen LogP contribution in [0.1, 0.15) is 31.9 Å². The van der Waals surface area contributed by atoms with Gasteiger partial charge in [0.15, 0.2) is 0 Å². The van der Waals surface area contributed by atoms with Gasteiger partial charge in [0.05, 0.1) is 11.2 Å². The Hall–Kier alpha value is -0.450. The van der Waals surface area contributed by atoms with Crippen LogP contribution in [0.5, 0.6) is 0 Å². The maximum Gasteiger partial charge on any atom is 0.0795 e. The lowest BCUT2D eigenvalue weighted by atomic mass is 10.2. The zero-order valence-corrected chi connectivity index (χ0v) is 11.0. The first-order valence-corrected chi connectivity index (χ1v) is 7.00. The molecule has 0 aliphatic heterocycles. The molecule has 1 unspecified atom stereocenters. The Kier molecular flexibility index (Phi) is 4.32. The number of nitrogens with one attached hydrogen (secondary N) is 1. The Bertz CT molecular complexity index is 295. The third-order valence-corrected chi connectivity index (χ3v) is 3.86. The predicted molar refractivity (Wildman–Crippen MR) is 68.7 cm³/mol. The SMILES string of the molecule is CC(CCNC1CC1)N(C)Cc1cscn1. The zero-order chi connectivity index (χ0) is 11.4. The number of aromatic nitrogens is 1. The van der Waals surface area contributed by atoms with Gasteiger partial charge >= 0.3 is 0 Å². The van der Waals surface area contributed by atoms with Gasteiger partial charge in [0, 0.05) is 24.0 Å². The standard InChI is InChI=1S/C12H21N3S/c1-10(5-6-13-11-3-4-11)15(2)7-12-8-16-9-14-12/h8-11,13H,3-7H2,1-2H3. The summed E-state index contributed by atoms with van der Waals surface area (Å²) in [5.41, 5.74) is 3.09. The zero-order valence-electron chi connectivity index (χ0n) is 10.1. The van der Waals surface area contributed by atoms with Gasteiger partial charge in [-0.05, 0) is 39.8 Å². The molecule has 1 aromatic heterocycles. The van der Waals surface area contributed by atoms with E-state index in [9.17, 15) is 0 Å². The van der Waals surface area contributed by atoms with E-state index in [2.05, 4.69) is 34.6 Å². The number of nitrogens with zero attached hydrogens (tertiary/aromatic N) is 2. The molecule has 0 spiro atoms. The van der Waals surface area contributed by atoms with Gasteiger partial charge in [-0.25, -0.2) is 4.98 Å². The van der Waals surface area contributed by atoms with Crippen molar-refractivity contribution in [3.8, 4) is 0 Å². The fourth-order valence-corrected chi connectivity index (χ4v) is 2.28. The van der Waals surface area contributed by atoms with E-state index >= 15 is 0 Å². The molecule has 0 saturated heterocycles. The molecule has 0 amide bonds. The van der Waals surface area contributed by atoms with Crippen LogP contribution in [0.2, 0.25) is 0 Å². The van der Waals surface area contributed by atoms with Crippen molar-refractivity contribution in [3.63, 3.8) is 0 Å². The fourth-order valence-electron chi connectivity index (χ4n) is 1.73. The van der Waals surface area contributed by atoms with Crippen LogP contribution in [0.3, 0.4) is 0 Å². The molecule has 1 aliphatic rings. The van der Waals surface area contributed by atoms with E-state index in [1.165, 1.54) is 25.0 Å². The van der Waals surface area contributed by atoms with Gasteiger partial charge in [0.2, 0.25) is 0 Å². The Morgan fingerprint density at radius 2 is 2.44 bits per heavy atom. The average Bonchev–Trinajstić information content (AvgIpc) is 2.95. The first kappa shape index (κ1) is 12.0. The highest BCUT2D eigenvalue weighted by Gasteiger charge is 2.20. The summed E-state index contributed by atoms with van der Waals surface area (Å²) in [5.74, 6) is 0. The van der Waals surface area contributed by atoms with Crippen LogP contribution in [0.15, 0.2) is 10.9 Å². The quantitative estimate of drug-likeness (QED) is 0.790. The van der Waals surface area contributed by atoms with E-state index in [1.807, 2.05) is 5.51 Å². The van der Waals surface area contributed by atoms with E-state index in [0.29, 0.717) is 6.04 Å². The molecule has 4 heteroatoms. The van der Waals surface area contributed by atoms with Crippen molar-refractivity contribution >= 4 is 11.3 Å². The topological polar surface area (TPSA) is 28.2 Å². The summed E-state index contributed by atoms with van der Waals surface area (Å²) < 4.78 is 0. The summed E-state index contributed by atoms with van der Waals surface area (Å²) in [7, 11) is 2.18. The lowest BCUT2D eigenvalue weighted by Gasteiger charge is -2.23. The van der Waals surface area contributed by atoms with Gasteiger partial charge in [-0.2, -0.15) is 0 Å². The van der Waals surface area contributed by atoms with Crippen LogP contribution in [-0.2, 0) is 6.54 Å². The molecule has 1 atom stereocenters. The molecular formula is C12H21N3S. The monoisotopic (exact) mass is 239 g/mol. The second-order valence-corrected chi connectivity index (χ2v) is 5.48. The molecule has 1 aliphatic carbocycles. The Morgan fingerprint density at radius 3 is 3.06 bits per heavy atom. The maximum atomic E-state index is 4.32. The first-order valence-electron chi connectivity index (χ1n) is 6.06. The predicted octanol–water partition coefficient (Wildman–Crippen LogP) is 2.11. The van der Waals surface area contributed by atoms with E-state index in [1.54, 1.807) is 11.3 Å². The van der Waals surface area contributed by atoms with Crippen molar-refractivity contribution in [1.82, 2.24) is 15.2 Å². The molecular weight excluding hydrogens is 218 g/mol. The molecule has 1 heterocycles. The second-order valence-electron chi connectivity index (χ2n) is 4.76. The molecule has 0 aromatic carbocycles. The molecule has 1 fully saturated rings. The second kappa shape index (κ2) is 5.75. The Balaban J connectivity index is 1.64. The lowest BCUT2D eigenvalue weighted by molar-refractivity contribution is 0.234. The minimum atomic E-state index is 0.618. The molecule has 1 N–H and O–H groups in total. The average molecular weight is 239 g/mol. The smallest absolute Gasteiger partial charge is 0.0795 e. The van der Waals surface area contributed by atoms with Crippen molar-refractivity contribution in [2.24, 2.45) is 0 Å².